The molecule has 0 radical (unpaired) electrons. The zero-order valence-corrected chi connectivity index (χ0v) is 15.9. The van der Waals surface area contributed by atoms with Crippen molar-refractivity contribution >= 4 is 28.0 Å². The van der Waals surface area contributed by atoms with Crippen molar-refractivity contribution in [3.63, 3.8) is 0 Å². The van der Waals surface area contributed by atoms with E-state index < -0.39 is 5.82 Å². The number of pyridine rings is 1. The predicted molar refractivity (Wildman–Crippen MR) is 109 cm³/mol. The Morgan fingerprint density at radius 3 is 2.90 bits per heavy atom. The van der Waals surface area contributed by atoms with Gasteiger partial charge in [-0.05, 0) is 12.1 Å². The molecule has 1 aliphatic rings. The van der Waals surface area contributed by atoms with Crippen molar-refractivity contribution in [3.05, 3.63) is 64.2 Å². The summed E-state index contributed by atoms with van der Waals surface area (Å²) in [6.07, 6.45) is 1.08. The van der Waals surface area contributed by atoms with Crippen LogP contribution in [0, 0.1) is 11.6 Å². The van der Waals surface area contributed by atoms with E-state index in [1.165, 1.54) is 16.8 Å². The molecular formula is C20H14F2N8O. The molecule has 1 aliphatic heterocycles. The van der Waals surface area contributed by atoms with E-state index in [4.69, 9.17) is 0 Å². The maximum Gasteiger partial charge on any atom is 0.327 e. The van der Waals surface area contributed by atoms with Gasteiger partial charge in [-0.2, -0.15) is 5.10 Å². The van der Waals surface area contributed by atoms with Crippen LogP contribution in [0.5, 0.6) is 0 Å². The topological polar surface area (TPSA) is 106 Å². The minimum atomic E-state index is -0.542. The van der Waals surface area contributed by atoms with Crippen molar-refractivity contribution in [1.82, 2.24) is 34.3 Å². The normalized spacial score (nSPS) is 13.1. The Kier molecular flexibility index (Phi) is 3.66. The summed E-state index contributed by atoms with van der Waals surface area (Å²) in [5.41, 5.74) is 1.75. The number of fused-ring (bicyclic) bond motifs is 1. The summed E-state index contributed by atoms with van der Waals surface area (Å²) in [7, 11) is 0. The van der Waals surface area contributed by atoms with Gasteiger partial charge in [0, 0.05) is 18.7 Å². The number of imidazole rings is 1. The van der Waals surface area contributed by atoms with Crippen LogP contribution in [0.3, 0.4) is 0 Å². The third-order valence-corrected chi connectivity index (χ3v) is 5.30. The molecule has 0 amide bonds. The van der Waals surface area contributed by atoms with Crippen LogP contribution in [0.25, 0.3) is 33.7 Å². The summed E-state index contributed by atoms with van der Waals surface area (Å²) < 4.78 is 31.3. The van der Waals surface area contributed by atoms with Crippen LogP contribution >= 0.6 is 0 Å². The highest BCUT2D eigenvalue weighted by molar-refractivity contribution is 5.92. The number of aromatic nitrogens is 7. The van der Waals surface area contributed by atoms with Crippen LogP contribution in [0.1, 0.15) is 5.56 Å². The second kappa shape index (κ2) is 6.42. The van der Waals surface area contributed by atoms with Crippen molar-refractivity contribution in [2.45, 2.75) is 13.1 Å². The zero-order valence-electron chi connectivity index (χ0n) is 15.9. The van der Waals surface area contributed by atoms with E-state index in [9.17, 15) is 13.6 Å². The first-order valence-electron chi connectivity index (χ1n) is 9.59. The minimum absolute atomic E-state index is 0.0996. The van der Waals surface area contributed by atoms with Crippen LogP contribution in [-0.2, 0) is 13.1 Å². The largest absolute Gasteiger partial charge is 0.366 e. The van der Waals surface area contributed by atoms with Crippen LogP contribution in [-0.4, -0.2) is 40.8 Å². The lowest BCUT2D eigenvalue weighted by Crippen LogP contribution is -2.25. The molecule has 9 nitrogen and oxygen atoms in total. The molecule has 0 saturated heterocycles. The molecule has 6 rings (SSSR count). The Balaban J connectivity index is 1.57. The van der Waals surface area contributed by atoms with Crippen molar-refractivity contribution in [3.8, 4) is 11.5 Å². The quantitative estimate of drug-likeness (QED) is 0.464. The van der Waals surface area contributed by atoms with Gasteiger partial charge >= 0.3 is 5.69 Å². The average molecular weight is 420 g/mol. The van der Waals surface area contributed by atoms with E-state index in [1.54, 1.807) is 22.8 Å². The lowest BCUT2D eigenvalue weighted by atomic mass is 10.2. The van der Waals surface area contributed by atoms with E-state index >= 15 is 0 Å². The fourth-order valence-corrected chi connectivity index (χ4v) is 3.89. The Morgan fingerprint density at radius 1 is 1.16 bits per heavy atom. The Bertz CT molecular complexity index is 1550. The number of anilines is 1. The summed E-state index contributed by atoms with van der Waals surface area (Å²) in [6.45, 7) is 1.14. The highest BCUT2D eigenvalue weighted by atomic mass is 19.1. The number of nitrogens with one attached hydrogen (secondary N) is 2. The van der Waals surface area contributed by atoms with Gasteiger partial charge in [0.1, 0.15) is 22.8 Å². The molecule has 5 heterocycles. The molecule has 0 bridgehead atoms. The summed E-state index contributed by atoms with van der Waals surface area (Å²) in [6, 6.07) is 7.64. The van der Waals surface area contributed by atoms with Gasteiger partial charge < -0.3 is 5.32 Å². The van der Waals surface area contributed by atoms with Crippen LogP contribution < -0.4 is 11.0 Å². The standard InChI is InChI=1S/C20H14F2N8O/c21-11-7-12-14(16-25-17-15-18(26-16)27-20(31)29(15)6-5-23-17)28-30(19(12)24-8-11)9-10-3-1-2-4-13(10)22/h1-4,7-8H,5-6,9H2,(H2,23,25,26,27,31). The maximum atomic E-state index is 14.2. The van der Waals surface area contributed by atoms with Gasteiger partial charge in [0.2, 0.25) is 0 Å². The second-order valence-electron chi connectivity index (χ2n) is 7.22. The van der Waals surface area contributed by atoms with Crippen molar-refractivity contribution in [2.24, 2.45) is 0 Å². The SMILES string of the molecule is O=c1[nH]c2nc(-c3nn(Cc4ccccc4F)c4ncc(F)cc34)nc3c2n1CCN3. The van der Waals surface area contributed by atoms with Crippen molar-refractivity contribution in [1.29, 1.82) is 0 Å². The molecule has 0 aliphatic carbocycles. The Hall–Kier alpha value is -4.15. The highest BCUT2D eigenvalue weighted by Gasteiger charge is 2.23. The first-order chi connectivity index (χ1) is 15.1. The van der Waals surface area contributed by atoms with Gasteiger partial charge in [-0.25, -0.2) is 33.2 Å². The third kappa shape index (κ3) is 2.70. The Morgan fingerprint density at radius 2 is 2.03 bits per heavy atom. The number of hydrogen-bond acceptors (Lipinski definition) is 6. The number of hydrogen-bond donors (Lipinski definition) is 2. The van der Waals surface area contributed by atoms with Gasteiger partial charge in [0.25, 0.3) is 0 Å². The molecule has 31 heavy (non-hydrogen) atoms. The highest BCUT2D eigenvalue weighted by Crippen LogP contribution is 2.29. The van der Waals surface area contributed by atoms with Gasteiger partial charge in [-0.1, -0.05) is 18.2 Å². The van der Waals surface area contributed by atoms with Gasteiger partial charge in [-0.3, -0.25) is 9.55 Å². The molecule has 154 valence electrons. The molecule has 0 atom stereocenters. The smallest absolute Gasteiger partial charge is 0.327 e. The molecule has 2 N–H and O–H groups in total. The molecule has 0 spiro atoms. The van der Waals surface area contributed by atoms with Gasteiger partial charge in [0.05, 0.1) is 18.1 Å². The number of halogens is 2. The molecule has 5 aromatic rings. The summed E-state index contributed by atoms with van der Waals surface area (Å²) in [5.74, 6) is -0.222. The fourth-order valence-electron chi connectivity index (χ4n) is 3.89. The van der Waals surface area contributed by atoms with E-state index in [-0.39, 0.29) is 29.6 Å². The van der Waals surface area contributed by atoms with Crippen molar-refractivity contribution in [2.75, 3.05) is 11.9 Å². The molecule has 0 saturated carbocycles. The van der Waals surface area contributed by atoms with E-state index in [2.05, 4.69) is 30.4 Å². The molecular weight excluding hydrogens is 406 g/mol. The number of H-pyrrole nitrogens is 1. The number of benzene rings is 1. The van der Waals surface area contributed by atoms with Crippen molar-refractivity contribution < 1.29 is 8.78 Å². The lowest BCUT2D eigenvalue weighted by Gasteiger charge is -2.15. The lowest BCUT2D eigenvalue weighted by molar-refractivity contribution is 0.588. The van der Waals surface area contributed by atoms with E-state index in [0.29, 0.717) is 46.7 Å². The van der Waals surface area contributed by atoms with Gasteiger partial charge in [-0.15, -0.1) is 0 Å². The fraction of sp³-hybridized carbons (Fsp3) is 0.150. The molecule has 0 fully saturated rings. The summed E-state index contributed by atoms with van der Waals surface area (Å²) >= 11 is 0. The minimum Gasteiger partial charge on any atom is -0.366 e. The maximum absolute atomic E-state index is 14.2. The number of nitrogens with zero attached hydrogens (tertiary/aromatic N) is 6. The third-order valence-electron chi connectivity index (χ3n) is 5.30. The summed E-state index contributed by atoms with van der Waals surface area (Å²) in [4.78, 5) is 28.1. The van der Waals surface area contributed by atoms with Gasteiger partial charge in [0.15, 0.2) is 22.9 Å². The molecule has 11 heteroatoms. The monoisotopic (exact) mass is 420 g/mol. The zero-order chi connectivity index (χ0) is 21.1. The molecule has 0 unspecified atom stereocenters. The Labute approximate surface area is 172 Å². The first kappa shape index (κ1) is 17.7. The van der Waals surface area contributed by atoms with Crippen LogP contribution in [0.4, 0.5) is 14.6 Å². The summed E-state index contributed by atoms with van der Waals surface area (Å²) in [5, 5.41) is 8.08. The van der Waals surface area contributed by atoms with Crippen LogP contribution in [0.2, 0.25) is 0 Å². The average Bonchev–Trinajstić information content (AvgIpc) is 3.28. The van der Waals surface area contributed by atoms with Crippen LogP contribution in [0.15, 0.2) is 41.3 Å². The number of rotatable bonds is 3. The number of aromatic amines is 1. The first-order valence-corrected chi connectivity index (χ1v) is 9.59. The van der Waals surface area contributed by atoms with E-state index in [1.807, 2.05) is 0 Å². The van der Waals surface area contributed by atoms with E-state index in [0.717, 1.165) is 6.20 Å². The second-order valence-corrected chi connectivity index (χ2v) is 7.22. The predicted octanol–water partition coefficient (Wildman–Crippen LogP) is 2.28. The molecule has 4 aromatic heterocycles. The molecule has 1 aromatic carbocycles.